The van der Waals surface area contributed by atoms with Gasteiger partial charge in [0.15, 0.2) is 0 Å². The van der Waals surface area contributed by atoms with Gasteiger partial charge in [-0.3, -0.25) is 9.69 Å². The van der Waals surface area contributed by atoms with Crippen LogP contribution in [0.1, 0.15) is 22.6 Å². The van der Waals surface area contributed by atoms with Gasteiger partial charge in [0.2, 0.25) is 0 Å². The van der Waals surface area contributed by atoms with Gasteiger partial charge in [-0.25, -0.2) is 4.98 Å². The number of nitrogens with zero attached hydrogens (tertiary/aromatic N) is 2. The van der Waals surface area contributed by atoms with Gasteiger partial charge in [-0.2, -0.15) is 13.2 Å². The molecule has 0 saturated carbocycles. The lowest BCUT2D eigenvalue weighted by atomic mass is 10.0. The molecule has 0 fully saturated rings. The van der Waals surface area contributed by atoms with Gasteiger partial charge in [0.1, 0.15) is 0 Å². The lowest BCUT2D eigenvalue weighted by molar-refractivity contribution is -0.137. The zero-order chi connectivity index (χ0) is 22.2. The minimum Gasteiger partial charge on any atom is -0.401 e. The maximum Gasteiger partial charge on any atom is 0.416 e. The summed E-state index contributed by atoms with van der Waals surface area (Å²) in [6.45, 7) is 3.13. The molecule has 31 heavy (non-hydrogen) atoms. The number of benzene rings is 2. The van der Waals surface area contributed by atoms with Crippen LogP contribution in [0.4, 0.5) is 18.9 Å². The number of amides is 1. The number of fused-ring (bicyclic) bond motifs is 1. The number of nitrogens with one attached hydrogen (secondary N) is 1. The van der Waals surface area contributed by atoms with Crippen LogP contribution in [0.2, 0.25) is 0 Å². The average molecular weight is 446 g/mol. The first-order valence-corrected chi connectivity index (χ1v) is 10.6. The minimum atomic E-state index is -4.37. The lowest BCUT2D eigenvalue weighted by Crippen LogP contribution is -2.36. The van der Waals surface area contributed by atoms with E-state index in [4.69, 9.17) is 5.73 Å². The highest BCUT2D eigenvalue weighted by Gasteiger charge is 2.30. The quantitative estimate of drug-likeness (QED) is 0.611. The highest BCUT2D eigenvalue weighted by Crippen LogP contribution is 2.30. The second-order valence-electron chi connectivity index (χ2n) is 7.53. The number of carbonyl (C=O) groups excluding carboxylic acids is 1. The van der Waals surface area contributed by atoms with E-state index in [1.54, 1.807) is 23.5 Å². The Morgan fingerprint density at radius 1 is 1.26 bits per heavy atom. The summed E-state index contributed by atoms with van der Waals surface area (Å²) >= 11 is 1.56. The van der Waals surface area contributed by atoms with E-state index in [1.807, 2.05) is 24.0 Å². The summed E-state index contributed by atoms with van der Waals surface area (Å²) in [7, 11) is 0. The molecule has 0 spiro atoms. The topological polar surface area (TPSA) is 71.2 Å². The van der Waals surface area contributed by atoms with Crippen LogP contribution in [0.5, 0.6) is 0 Å². The molecule has 0 saturated heterocycles. The maximum absolute atomic E-state index is 12.9. The zero-order valence-corrected chi connectivity index (χ0v) is 17.6. The zero-order valence-electron chi connectivity index (χ0n) is 16.8. The van der Waals surface area contributed by atoms with Crippen molar-refractivity contribution in [3.8, 4) is 0 Å². The van der Waals surface area contributed by atoms with Crippen LogP contribution in [-0.2, 0) is 17.5 Å². The van der Waals surface area contributed by atoms with Crippen LogP contribution in [0.15, 0.2) is 53.7 Å². The Morgan fingerprint density at radius 3 is 2.81 bits per heavy atom. The maximum atomic E-state index is 12.9. The lowest BCUT2D eigenvalue weighted by Gasteiger charge is -2.29. The molecule has 2 heterocycles. The highest BCUT2D eigenvalue weighted by molar-refractivity contribution is 7.18. The predicted octanol–water partition coefficient (Wildman–Crippen LogP) is 4.68. The number of aromatic nitrogens is 1. The summed E-state index contributed by atoms with van der Waals surface area (Å²) in [6, 6.07) is 10.8. The van der Waals surface area contributed by atoms with E-state index in [2.05, 4.69) is 10.3 Å². The number of nitrogens with two attached hydrogens (primary N) is 1. The van der Waals surface area contributed by atoms with Crippen LogP contribution in [-0.4, -0.2) is 28.9 Å². The van der Waals surface area contributed by atoms with Crippen LogP contribution in [0, 0.1) is 6.92 Å². The third kappa shape index (κ3) is 4.88. The first kappa shape index (κ1) is 21.3. The number of aryl methyl sites for hydroxylation is 1. The van der Waals surface area contributed by atoms with Crippen molar-refractivity contribution in [2.45, 2.75) is 26.1 Å². The number of rotatable bonds is 4. The molecule has 5 nitrogen and oxygen atoms in total. The Labute approximate surface area is 181 Å². The van der Waals surface area contributed by atoms with Crippen molar-refractivity contribution in [1.29, 1.82) is 0 Å². The Kier molecular flexibility index (Phi) is 5.72. The summed E-state index contributed by atoms with van der Waals surface area (Å²) in [5.41, 5.74) is 8.57. The molecular weight excluding hydrogens is 425 g/mol. The molecule has 0 atom stereocenters. The number of anilines is 1. The highest BCUT2D eigenvalue weighted by atomic mass is 32.1. The van der Waals surface area contributed by atoms with E-state index in [-0.39, 0.29) is 5.91 Å². The van der Waals surface area contributed by atoms with Crippen molar-refractivity contribution in [2.75, 3.05) is 18.4 Å². The van der Waals surface area contributed by atoms with Crippen LogP contribution < -0.4 is 11.1 Å². The molecule has 162 valence electrons. The Hall–Kier alpha value is -2.91. The monoisotopic (exact) mass is 446 g/mol. The molecule has 3 N–H and O–H groups in total. The molecule has 0 radical (unpaired) electrons. The molecule has 4 rings (SSSR count). The third-order valence-electron chi connectivity index (χ3n) is 5.15. The standard InChI is InChI=1S/C22H21F3N4OS/c1-13-27-19-6-5-16(10-20(19)31-13)28-21(30)17-7-8-29(12-18(17)26)11-14-3-2-4-15(9-14)22(23,24)25/h2-6,9-10H,7-8,11-12,26H2,1H3,(H,28,30). The average Bonchev–Trinajstić information content (AvgIpc) is 3.07. The van der Waals surface area contributed by atoms with Crippen molar-refractivity contribution >= 4 is 33.1 Å². The minimum absolute atomic E-state index is 0.253. The molecule has 9 heteroatoms. The first-order chi connectivity index (χ1) is 14.7. The molecule has 0 aliphatic carbocycles. The van der Waals surface area contributed by atoms with Gasteiger partial charge < -0.3 is 11.1 Å². The van der Waals surface area contributed by atoms with E-state index in [9.17, 15) is 18.0 Å². The van der Waals surface area contributed by atoms with Crippen molar-refractivity contribution in [3.63, 3.8) is 0 Å². The van der Waals surface area contributed by atoms with Gasteiger partial charge in [0.05, 0.1) is 20.8 Å². The van der Waals surface area contributed by atoms with E-state index in [0.717, 1.165) is 27.4 Å². The van der Waals surface area contributed by atoms with E-state index < -0.39 is 11.7 Å². The van der Waals surface area contributed by atoms with Gasteiger partial charge in [-0.05, 0) is 43.2 Å². The Balaban J connectivity index is 1.42. The number of carbonyl (C=O) groups is 1. The van der Waals surface area contributed by atoms with Gasteiger partial charge in [0.25, 0.3) is 5.91 Å². The fraction of sp³-hybridized carbons (Fsp3) is 0.273. The van der Waals surface area contributed by atoms with Crippen molar-refractivity contribution in [3.05, 3.63) is 69.9 Å². The number of hydrogen-bond acceptors (Lipinski definition) is 5. The number of thiazole rings is 1. The second kappa shape index (κ2) is 8.32. The predicted molar refractivity (Wildman–Crippen MR) is 116 cm³/mol. The van der Waals surface area contributed by atoms with Crippen molar-refractivity contribution < 1.29 is 18.0 Å². The van der Waals surface area contributed by atoms with E-state index in [1.165, 1.54) is 6.07 Å². The molecule has 0 bridgehead atoms. The van der Waals surface area contributed by atoms with E-state index in [0.29, 0.717) is 48.6 Å². The molecule has 1 aliphatic rings. The largest absolute Gasteiger partial charge is 0.416 e. The van der Waals surface area contributed by atoms with Gasteiger partial charge in [-0.15, -0.1) is 11.3 Å². The van der Waals surface area contributed by atoms with E-state index >= 15 is 0 Å². The molecular formula is C22H21F3N4OS. The van der Waals surface area contributed by atoms with Crippen molar-refractivity contribution in [1.82, 2.24) is 9.88 Å². The summed E-state index contributed by atoms with van der Waals surface area (Å²) in [4.78, 5) is 19.1. The number of hydrogen-bond donors (Lipinski definition) is 2. The molecule has 1 amide bonds. The van der Waals surface area contributed by atoms with Crippen LogP contribution >= 0.6 is 11.3 Å². The summed E-state index contributed by atoms with van der Waals surface area (Å²) in [5, 5.41) is 3.85. The van der Waals surface area contributed by atoms with Crippen LogP contribution in [0.3, 0.4) is 0 Å². The normalized spacial score (nSPS) is 15.5. The molecule has 3 aromatic rings. The fourth-order valence-corrected chi connectivity index (χ4v) is 4.53. The molecule has 0 unspecified atom stereocenters. The first-order valence-electron chi connectivity index (χ1n) is 9.73. The number of halogens is 3. The molecule has 1 aromatic heterocycles. The smallest absolute Gasteiger partial charge is 0.401 e. The third-order valence-corrected chi connectivity index (χ3v) is 6.08. The molecule has 1 aliphatic heterocycles. The Bertz CT molecular complexity index is 1170. The van der Waals surface area contributed by atoms with Gasteiger partial charge >= 0.3 is 6.18 Å². The number of alkyl halides is 3. The SMILES string of the molecule is Cc1nc2ccc(NC(=O)C3=C(N)CN(Cc4cccc(C(F)(F)F)c4)CC3)cc2s1. The summed E-state index contributed by atoms with van der Waals surface area (Å²) < 4.78 is 39.8. The van der Waals surface area contributed by atoms with Crippen molar-refractivity contribution in [2.24, 2.45) is 5.73 Å². The second-order valence-corrected chi connectivity index (χ2v) is 8.77. The Morgan fingerprint density at radius 2 is 2.06 bits per heavy atom. The van der Waals surface area contributed by atoms with Gasteiger partial charge in [0, 0.05) is 36.6 Å². The fourth-order valence-electron chi connectivity index (χ4n) is 3.67. The van der Waals surface area contributed by atoms with Crippen LogP contribution in [0.25, 0.3) is 10.2 Å². The van der Waals surface area contributed by atoms with Gasteiger partial charge in [-0.1, -0.05) is 18.2 Å². The summed E-state index contributed by atoms with van der Waals surface area (Å²) in [5.74, 6) is -0.253. The molecule has 2 aromatic carbocycles. The summed E-state index contributed by atoms with van der Waals surface area (Å²) in [6.07, 6.45) is -3.94.